The number of carbonyl (C=O) groups excluding carboxylic acids is 1. The summed E-state index contributed by atoms with van der Waals surface area (Å²) < 4.78 is 5.42. The molecule has 0 radical (unpaired) electrons. The Labute approximate surface area is 199 Å². The summed E-state index contributed by atoms with van der Waals surface area (Å²) >= 11 is 0. The van der Waals surface area contributed by atoms with Gasteiger partial charge in [0, 0.05) is 0 Å². The van der Waals surface area contributed by atoms with Crippen LogP contribution in [0.1, 0.15) is 155 Å². The van der Waals surface area contributed by atoms with Gasteiger partial charge >= 0.3 is 11.9 Å². The van der Waals surface area contributed by atoms with E-state index in [9.17, 15) is 9.59 Å². The van der Waals surface area contributed by atoms with Crippen LogP contribution in [0.4, 0.5) is 0 Å². The molecule has 0 fully saturated rings. The summed E-state index contributed by atoms with van der Waals surface area (Å²) in [6.07, 6.45) is 25.4. The van der Waals surface area contributed by atoms with E-state index in [1.54, 1.807) is 0 Å². The van der Waals surface area contributed by atoms with Gasteiger partial charge in [-0.15, -0.1) is 0 Å². The van der Waals surface area contributed by atoms with Crippen molar-refractivity contribution in [3.05, 3.63) is 0 Å². The Morgan fingerprint density at radius 2 is 0.969 bits per heavy atom. The lowest BCUT2D eigenvalue weighted by molar-refractivity contribution is -0.153. The van der Waals surface area contributed by atoms with Crippen molar-refractivity contribution in [2.24, 2.45) is 5.92 Å². The quantitative estimate of drug-likeness (QED) is 0.110. The molecule has 1 unspecified atom stereocenters. The van der Waals surface area contributed by atoms with Gasteiger partial charge in [0.25, 0.3) is 0 Å². The summed E-state index contributed by atoms with van der Waals surface area (Å²) in [7, 11) is 0. The van der Waals surface area contributed by atoms with Crippen molar-refractivity contribution in [2.75, 3.05) is 6.61 Å². The Balaban J connectivity index is 3.69. The minimum atomic E-state index is -0.906. The second-order valence-corrected chi connectivity index (χ2v) is 9.61. The molecule has 0 aromatic rings. The van der Waals surface area contributed by atoms with Crippen molar-refractivity contribution in [2.45, 2.75) is 155 Å². The summed E-state index contributed by atoms with van der Waals surface area (Å²) in [5.41, 5.74) is 0. The largest absolute Gasteiger partial charge is 0.481 e. The molecule has 1 N–H and O–H groups in total. The number of unbranched alkanes of at least 4 members (excludes halogenated alkanes) is 18. The molecule has 0 aliphatic heterocycles. The van der Waals surface area contributed by atoms with Gasteiger partial charge in [0.2, 0.25) is 0 Å². The van der Waals surface area contributed by atoms with Crippen molar-refractivity contribution >= 4 is 11.9 Å². The molecule has 1 atom stereocenters. The van der Waals surface area contributed by atoms with Crippen LogP contribution in [-0.4, -0.2) is 23.7 Å². The fourth-order valence-corrected chi connectivity index (χ4v) is 4.27. The number of hydrogen-bond acceptors (Lipinski definition) is 3. The third kappa shape index (κ3) is 22.1. The monoisotopic (exact) mass is 454 g/mol. The van der Waals surface area contributed by atoms with E-state index in [-0.39, 0.29) is 12.4 Å². The standard InChI is InChI=1S/C28H54O4/c1-3-5-7-9-11-13-14-15-16-18-20-22-24-32-28(31)26(25-27(29)30)23-21-19-17-12-10-8-6-4-2/h26H,3-25H2,1-2H3,(H,29,30). The first-order valence-corrected chi connectivity index (χ1v) is 14.0. The van der Waals surface area contributed by atoms with Gasteiger partial charge in [-0.3, -0.25) is 9.59 Å². The van der Waals surface area contributed by atoms with Crippen molar-refractivity contribution in [1.29, 1.82) is 0 Å². The Morgan fingerprint density at radius 3 is 1.38 bits per heavy atom. The molecule has 0 aromatic carbocycles. The zero-order valence-electron chi connectivity index (χ0n) is 21.5. The number of esters is 1. The SMILES string of the molecule is CCCCCCCCCCCCCCOC(=O)C(CCCCCCCCCC)CC(=O)O. The number of ether oxygens (including phenoxy) is 1. The lowest BCUT2D eigenvalue weighted by Gasteiger charge is -2.14. The summed E-state index contributed by atoms with van der Waals surface area (Å²) in [4.78, 5) is 23.5. The van der Waals surface area contributed by atoms with Crippen LogP contribution in [0.3, 0.4) is 0 Å². The molecular formula is C28H54O4. The molecule has 0 rings (SSSR count). The second kappa shape index (κ2) is 24.6. The second-order valence-electron chi connectivity index (χ2n) is 9.61. The fourth-order valence-electron chi connectivity index (χ4n) is 4.27. The van der Waals surface area contributed by atoms with Crippen molar-refractivity contribution in [3.8, 4) is 0 Å². The first-order chi connectivity index (χ1) is 15.6. The molecule has 32 heavy (non-hydrogen) atoms. The number of carboxylic acid groups (broad SMARTS) is 1. The van der Waals surface area contributed by atoms with Gasteiger partial charge < -0.3 is 9.84 Å². The highest BCUT2D eigenvalue weighted by molar-refractivity contribution is 5.79. The third-order valence-electron chi connectivity index (χ3n) is 6.40. The smallest absolute Gasteiger partial charge is 0.309 e. The van der Waals surface area contributed by atoms with Gasteiger partial charge in [0.1, 0.15) is 0 Å². The Kier molecular flexibility index (Phi) is 23.8. The minimum absolute atomic E-state index is 0.103. The molecule has 0 aliphatic carbocycles. The molecule has 0 saturated heterocycles. The zero-order valence-corrected chi connectivity index (χ0v) is 21.5. The summed E-state index contributed by atoms with van der Waals surface area (Å²) in [5.74, 6) is -1.69. The van der Waals surface area contributed by atoms with Crippen molar-refractivity contribution < 1.29 is 19.4 Å². The van der Waals surface area contributed by atoms with E-state index in [1.165, 1.54) is 103 Å². The molecule has 190 valence electrons. The van der Waals surface area contributed by atoms with Gasteiger partial charge in [-0.2, -0.15) is 0 Å². The van der Waals surface area contributed by atoms with Gasteiger partial charge in [0.15, 0.2) is 0 Å². The maximum absolute atomic E-state index is 12.3. The zero-order chi connectivity index (χ0) is 23.7. The first kappa shape index (κ1) is 30.9. The van der Waals surface area contributed by atoms with E-state index in [4.69, 9.17) is 9.84 Å². The molecule has 0 aliphatic rings. The lowest BCUT2D eigenvalue weighted by atomic mass is 9.97. The van der Waals surface area contributed by atoms with Crippen LogP contribution in [0, 0.1) is 5.92 Å². The number of hydrogen-bond donors (Lipinski definition) is 1. The highest BCUT2D eigenvalue weighted by atomic mass is 16.5. The Bertz CT molecular complexity index is 422. The predicted octanol–water partition coefficient (Wildman–Crippen LogP) is 8.85. The van der Waals surface area contributed by atoms with Crippen LogP contribution in [0.25, 0.3) is 0 Å². The van der Waals surface area contributed by atoms with E-state index in [0.717, 1.165) is 25.7 Å². The van der Waals surface area contributed by atoms with Crippen molar-refractivity contribution in [1.82, 2.24) is 0 Å². The van der Waals surface area contributed by atoms with E-state index in [1.807, 2.05) is 0 Å². The van der Waals surface area contributed by atoms with E-state index < -0.39 is 11.9 Å². The average molecular weight is 455 g/mol. The molecule has 4 nitrogen and oxygen atoms in total. The molecular weight excluding hydrogens is 400 g/mol. The van der Waals surface area contributed by atoms with E-state index in [0.29, 0.717) is 13.0 Å². The molecule has 0 amide bonds. The topological polar surface area (TPSA) is 63.6 Å². The van der Waals surface area contributed by atoms with E-state index in [2.05, 4.69) is 13.8 Å². The van der Waals surface area contributed by atoms with Gasteiger partial charge in [-0.1, -0.05) is 136 Å². The van der Waals surface area contributed by atoms with Gasteiger partial charge in [-0.05, 0) is 12.8 Å². The Morgan fingerprint density at radius 1 is 0.594 bits per heavy atom. The van der Waals surface area contributed by atoms with Gasteiger partial charge in [-0.25, -0.2) is 0 Å². The third-order valence-corrected chi connectivity index (χ3v) is 6.40. The first-order valence-electron chi connectivity index (χ1n) is 14.0. The maximum atomic E-state index is 12.3. The maximum Gasteiger partial charge on any atom is 0.309 e. The fraction of sp³-hybridized carbons (Fsp3) is 0.929. The number of carbonyl (C=O) groups is 2. The summed E-state index contributed by atoms with van der Waals surface area (Å²) in [5, 5.41) is 9.13. The van der Waals surface area contributed by atoms with Crippen LogP contribution in [0.5, 0.6) is 0 Å². The molecule has 0 heterocycles. The van der Waals surface area contributed by atoms with Crippen molar-refractivity contribution in [3.63, 3.8) is 0 Å². The van der Waals surface area contributed by atoms with Crippen LogP contribution in [-0.2, 0) is 14.3 Å². The number of carboxylic acids is 1. The predicted molar refractivity (Wildman–Crippen MR) is 135 cm³/mol. The van der Waals surface area contributed by atoms with Crippen LogP contribution < -0.4 is 0 Å². The normalized spacial score (nSPS) is 12.1. The number of rotatable bonds is 25. The lowest BCUT2D eigenvalue weighted by Crippen LogP contribution is -2.21. The molecule has 4 heteroatoms. The summed E-state index contributed by atoms with van der Waals surface area (Å²) in [6, 6.07) is 0. The number of aliphatic carboxylic acids is 1. The molecule has 0 aromatic heterocycles. The van der Waals surface area contributed by atoms with Crippen LogP contribution in [0.2, 0.25) is 0 Å². The van der Waals surface area contributed by atoms with Gasteiger partial charge in [0.05, 0.1) is 18.9 Å². The highest BCUT2D eigenvalue weighted by Crippen LogP contribution is 2.18. The molecule has 0 spiro atoms. The molecule has 0 bridgehead atoms. The molecule has 0 saturated carbocycles. The van der Waals surface area contributed by atoms with Crippen LogP contribution >= 0.6 is 0 Å². The van der Waals surface area contributed by atoms with E-state index >= 15 is 0 Å². The average Bonchev–Trinajstić information content (AvgIpc) is 2.77. The summed E-state index contributed by atoms with van der Waals surface area (Å²) in [6.45, 7) is 4.91. The minimum Gasteiger partial charge on any atom is -0.481 e. The highest BCUT2D eigenvalue weighted by Gasteiger charge is 2.22. The Hall–Kier alpha value is -1.06. The van der Waals surface area contributed by atoms with Crippen LogP contribution in [0.15, 0.2) is 0 Å².